The Labute approximate surface area is 234 Å². The molecule has 0 saturated carbocycles. The number of aliphatic hydroxyl groups excluding tert-OH is 1. The van der Waals surface area contributed by atoms with Gasteiger partial charge < -0.3 is 24.9 Å². The van der Waals surface area contributed by atoms with Crippen molar-refractivity contribution in [2.45, 2.75) is 64.4 Å². The van der Waals surface area contributed by atoms with E-state index >= 15 is 0 Å². The van der Waals surface area contributed by atoms with Gasteiger partial charge >= 0.3 is 29.6 Å². The molecule has 0 aromatic heterocycles. The quantitative estimate of drug-likeness (QED) is 0.210. The van der Waals surface area contributed by atoms with E-state index in [1.807, 2.05) is 6.92 Å². The number of sulfone groups is 1. The minimum absolute atomic E-state index is 0. The average Bonchev–Trinajstić information content (AvgIpc) is 2.77. The molecule has 2 aromatic carbocycles. The van der Waals surface area contributed by atoms with Crippen LogP contribution in [-0.2, 0) is 21.1 Å². The van der Waals surface area contributed by atoms with Crippen molar-refractivity contribution in [2.24, 2.45) is 5.41 Å². The molecule has 0 spiro atoms. The number of aromatic hydroxyl groups is 1. The molecule has 36 heavy (non-hydrogen) atoms. The Hall–Kier alpha value is -1.91. The predicted molar refractivity (Wildman–Crippen MR) is 129 cm³/mol. The van der Waals surface area contributed by atoms with Crippen LogP contribution in [0.5, 0.6) is 11.5 Å². The van der Waals surface area contributed by atoms with Gasteiger partial charge in [0.25, 0.3) is 0 Å². The molecule has 2 aromatic rings. The van der Waals surface area contributed by atoms with Crippen molar-refractivity contribution in [3.05, 3.63) is 53.1 Å². The van der Waals surface area contributed by atoms with E-state index in [0.29, 0.717) is 23.3 Å². The van der Waals surface area contributed by atoms with E-state index < -0.39 is 27.3 Å². The average molecular weight is 529 g/mol. The molecule has 0 aliphatic carbocycles. The van der Waals surface area contributed by atoms with Crippen LogP contribution in [0.4, 0.5) is 0 Å². The largest absolute Gasteiger partial charge is 1.00 e. The fourth-order valence-corrected chi connectivity index (χ4v) is 5.14. The molecule has 10 heteroatoms. The van der Waals surface area contributed by atoms with Gasteiger partial charge in [-0.15, -0.1) is 0 Å². The molecule has 0 bridgehead atoms. The Bertz CT molecular complexity index is 1160. The first kappa shape index (κ1) is 32.1. The number of hydrogen-bond acceptors (Lipinski definition) is 8. The number of benzene rings is 2. The van der Waals surface area contributed by atoms with Crippen LogP contribution in [-0.4, -0.2) is 42.7 Å². The number of rotatable bonds is 13. The van der Waals surface area contributed by atoms with Crippen LogP contribution >= 0.6 is 0 Å². The number of carboxylic acids is 1. The zero-order valence-electron chi connectivity index (χ0n) is 21.5. The number of carboxylic acid groups (broad SMARTS) is 1. The summed E-state index contributed by atoms with van der Waals surface area (Å²) in [5.74, 6) is -1.38. The van der Waals surface area contributed by atoms with Crippen LogP contribution in [0.1, 0.15) is 74.5 Å². The third-order valence-electron chi connectivity index (χ3n) is 5.83. The molecule has 2 N–H and O–H groups in total. The van der Waals surface area contributed by atoms with Crippen molar-refractivity contribution in [1.82, 2.24) is 0 Å². The summed E-state index contributed by atoms with van der Waals surface area (Å²) in [6.45, 7) is 6.60. The third kappa shape index (κ3) is 8.31. The van der Waals surface area contributed by atoms with Gasteiger partial charge in [-0.2, -0.15) is 0 Å². The SMILES string of the molecule is CCCc1c(OCCCS(=O)(=O)c2ccc(C(O)C(C)(C)CC(=O)[O-])cc2)ccc(C(C)=O)c1O.[Na+]. The minimum atomic E-state index is -3.62. The second-order valence-corrected chi connectivity index (χ2v) is 11.4. The van der Waals surface area contributed by atoms with Crippen LogP contribution in [0.15, 0.2) is 41.3 Å². The molecule has 8 nitrogen and oxygen atoms in total. The molecule has 192 valence electrons. The molecular formula is C26H33NaO8S. The van der Waals surface area contributed by atoms with E-state index in [2.05, 4.69) is 0 Å². The number of aliphatic hydroxyl groups is 1. The van der Waals surface area contributed by atoms with Crippen molar-refractivity contribution >= 4 is 21.6 Å². The molecule has 0 amide bonds. The Morgan fingerprint density at radius 2 is 1.72 bits per heavy atom. The number of Topliss-reactive ketones (excluding diaryl/α,β-unsaturated/α-hetero) is 1. The van der Waals surface area contributed by atoms with Crippen molar-refractivity contribution in [3.63, 3.8) is 0 Å². The van der Waals surface area contributed by atoms with Crippen molar-refractivity contribution < 1.29 is 67.6 Å². The summed E-state index contributed by atoms with van der Waals surface area (Å²) in [7, 11) is -3.62. The minimum Gasteiger partial charge on any atom is -0.550 e. The van der Waals surface area contributed by atoms with Gasteiger partial charge in [-0.05, 0) is 56.0 Å². The number of hydrogen-bond donors (Lipinski definition) is 2. The molecule has 0 fully saturated rings. The number of ether oxygens (including phenoxy) is 1. The van der Waals surface area contributed by atoms with Crippen LogP contribution in [0.25, 0.3) is 0 Å². The van der Waals surface area contributed by atoms with Gasteiger partial charge in [-0.3, -0.25) is 4.79 Å². The summed E-state index contributed by atoms with van der Waals surface area (Å²) < 4.78 is 31.2. The van der Waals surface area contributed by atoms with Gasteiger partial charge in [-0.25, -0.2) is 8.42 Å². The maximum absolute atomic E-state index is 12.7. The number of ketones is 1. The standard InChI is InChI=1S/C26H34O8S.Na/c1-5-7-21-22(13-12-20(17(2)27)24(21)30)34-14-6-15-35(32,33)19-10-8-18(9-11-19)25(31)26(3,4)16-23(28)29;/h8-13,25,30-31H,5-7,14-16H2,1-4H3,(H,28,29);/q;+1/p-1. The van der Waals surface area contributed by atoms with Crippen LogP contribution in [0.3, 0.4) is 0 Å². The maximum atomic E-state index is 12.7. The third-order valence-corrected chi connectivity index (χ3v) is 7.65. The molecule has 1 atom stereocenters. The van der Waals surface area contributed by atoms with Crippen LogP contribution in [0.2, 0.25) is 0 Å². The van der Waals surface area contributed by atoms with E-state index in [0.717, 1.165) is 6.42 Å². The van der Waals surface area contributed by atoms with Gasteiger partial charge in [0.15, 0.2) is 15.6 Å². The normalized spacial score (nSPS) is 12.5. The molecule has 2 rings (SSSR count). The second-order valence-electron chi connectivity index (χ2n) is 9.27. The topological polar surface area (TPSA) is 141 Å². The number of carbonyl (C=O) groups is 2. The first-order valence-electron chi connectivity index (χ1n) is 11.5. The molecule has 0 heterocycles. The molecule has 0 radical (unpaired) electrons. The van der Waals surface area contributed by atoms with E-state index in [9.17, 15) is 33.3 Å². The van der Waals surface area contributed by atoms with E-state index in [1.165, 1.54) is 37.3 Å². The van der Waals surface area contributed by atoms with E-state index in [4.69, 9.17) is 4.74 Å². The van der Waals surface area contributed by atoms with Gasteiger partial charge in [0.05, 0.1) is 28.9 Å². The molecular weight excluding hydrogens is 495 g/mol. The van der Waals surface area contributed by atoms with Crippen LogP contribution < -0.4 is 39.4 Å². The molecule has 0 saturated heterocycles. The predicted octanol–water partition coefficient (Wildman–Crippen LogP) is -0.00630. The molecule has 0 aliphatic heterocycles. The summed E-state index contributed by atoms with van der Waals surface area (Å²) in [5, 5.41) is 31.8. The van der Waals surface area contributed by atoms with Crippen molar-refractivity contribution in [1.29, 1.82) is 0 Å². The smallest absolute Gasteiger partial charge is 0.550 e. The van der Waals surface area contributed by atoms with Crippen molar-refractivity contribution in [3.8, 4) is 11.5 Å². The Balaban J connectivity index is 0.00000648. The monoisotopic (exact) mass is 528 g/mol. The number of phenols is 1. The van der Waals surface area contributed by atoms with E-state index in [1.54, 1.807) is 19.9 Å². The van der Waals surface area contributed by atoms with Gasteiger partial charge in [0.1, 0.15) is 11.5 Å². The summed E-state index contributed by atoms with van der Waals surface area (Å²) in [6.07, 6.45) is -0.00300. The summed E-state index contributed by atoms with van der Waals surface area (Å²) in [4.78, 5) is 22.7. The summed E-state index contributed by atoms with van der Waals surface area (Å²) in [6, 6.07) is 8.83. The van der Waals surface area contributed by atoms with Gasteiger partial charge in [0.2, 0.25) is 0 Å². The first-order valence-corrected chi connectivity index (χ1v) is 13.1. The Morgan fingerprint density at radius 1 is 1.11 bits per heavy atom. The summed E-state index contributed by atoms with van der Waals surface area (Å²) >= 11 is 0. The first-order chi connectivity index (χ1) is 16.3. The van der Waals surface area contributed by atoms with Gasteiger partial charge in [0, 0.05) is 16.9 Å². The fourth-order valence-electron chi connectivity index (χ4n) is 3.85. The van der Waals surface area contributed by atoms with Gasteiger partial charge in [-0.1, -0.05) is 39.3 Å². The number of carbonyl (C=O) groups excluding carboxylic acids is 2. The zero-order valence-corrected chi connectivity index (χ0v) is 24.4. The van der Waals surface area contributed by atoms with E-state index in [-0.39, 0.29) is 76.8 Å². The maximum Gasteiger partial charge on any atom is 1.00 e. The zero-order chi connectivity index (χ0) is 26.4. The second kappa shape index (κ2) is 13.6. The Morgan fingerprint density at radius 3 is 2.25 bits per heavy atom. The summed E-state index contributed by atoms with van der Waals surface area (Å²) in [5.41, 5.74) is 0.180. The molecule has 1 unspecified atom stereocenters. The van der Waals surface area contributed by atoms with Crippen LogP contribution in [0, 0.1) is 5.41 Å². The number of aliphatic carboxylic acids is 1. The fraction of sp³-hybridized carbons (Fsp3) is 0.462. The number of phenolic OH excluding ortho intramolecular Hbond substituents is 1. The van der Waals surface area contributed by atoms with Crippen molar-refractivity contribution in [2.75, 3.05) is 12.4 Å². The molecule has 0 aliphatic rings. The Kier molecular flexibility index (Phi) is 12.1.